The number of benzene rings is 1. The Balaban J connectivity index is 2.14. The molecule has 4 N–H and O–H groups in total. The molecule has 0 radical (unpaired) electrons. The van der Waals surface area contributed by atoms with Crippen LogP contribution in [0.3, 0.4) is 0 Å². The molecule has 3 nitrogen and oxygen atoms in total. The largest absolute Gasteiger partial charge is 0.508 e. The second kappa shape index (κ2) is 8.09. The Morgan fingerprint density at radius 1 is 1.24 bits per heavy atom. The highest BCUT2D eigenvalue weighted by atomic mass is 16.3. The van der Waals surface area contributed by atoms with Gasteiger partial charge in [0.25, 0.3) is 0 Å². The molecule has 0 aliphatic heterocycles. The summed E-state index contributed by atoms with van der Waals surface area (Å²) in [5, 5.41) is 12.7. The van der Waals surface area contributed by atoms with Crippen molar-refractivity contribution in [2.24, 2.45) is 5.73 Å². The molecule has 0 amide bonds. The van der Waals surface area contributed by atoms with Crippen LogP contribution in [0.2, 0.25) is 0 Å². The third-order valence-electron chi connectivity index (χ3n) is 2.93. The molecule has 0 heterocycles. The second-order valence-corrected chi connectivity index (χ2v) is 4.56. The van der Waals surface area contributed by atoms with Gasteiger partial charge in [-0.2, -0.15) is 0 Å². The van der Waals surface area contributed by atoms with Gasteiger partial charge in [0.1, 0.15) is 5.75 Å². The van der Waals surface area contributed by atoms with E-state index >= 15 is 0 Å². The van der Waals surface area contributed by atoms with Gasteiger partial charge in [0.05, 0.1) is 0 Å². The summed E-state index contributed by atoms with van der Waals surface area (Å²) < 4.78 is 0. The maximum atomic E-state index is 9.18. The fourth-order valence-electron chi connectivity index (χ4n) is 1.77. The molecule has 3 heteroatoms. The Kier molecular flexibility index (Phi) is 6.67. The van der Waals surface area contributed by atoms with Crippen LogP contribution in [0.5, 0.6) is 5.75 Å². The predicted octanol–water partition coefficient (Wildman–Crippen LogP) is 2.04. The van der Waals surface area contributed by atoms with Gasteiger partial charge in [0, 0.05) is 6.04 Å². The summed E-state index contributed by atoms with van der Waals surface area (Å²) in [6, 6.07) is 7.98. The van der Waals surface area contributed by atoms with Crippen molar-refractivity contribution in [3.63, 3.8) is 0 Å². The van der Waals surface area contributed by atoms with E-state index in [1.165, 1.54) is 5.56 Å². The van der Waals surface area contributed by atoms with Crippen molar-refractivity contribution in [2.75, 3.05) is 13.1 Å². The van der Waals surface area contributed by atoms with Crippen LogP contribution >= 0.6 is 0 Å². The molecule has 0 saturated heterocycles. The van der Waals surface area contributed by atoms with Gasteiger partial charge in [-0.25, -0.2) is 0 Å². The first-order valence-electron chi connectivity index (χ1n) is 6.43. The summed E-state index contributed by atoms with van der Waals surface area (Å²) in [6.45, 7) is 4.04. The molecule has 0 aromatic heterocycles. The molecule has 0 spiro atoms. The first kappa shape index (κ1) is 14.0. The van der Waals surface area contributed by atoms with E-state index in [1.54, 1.807) is 12.1 Å². The summed E-state index contributed by atoms with van der Waals surface area (Å²) >= 11 is 0. The normalized spacial score (nSPS) is 12.6. The quantitative estimate of drug-likeness (QED) is 0.605. The van der Waals surface area contributed by atoms with Gasteiger partial charge in [-0.05, 0) is 63.4 Å². The number of hydrogen-bond donors (Lipinski definition) is 3. The molecular weight excluding hydrogens is 212 g/mol. The van der Waals surface area contributed by atoms with Crippen molar-refractivity contribution in [1.29, 1.82) is 0 Å². The number of aryl methyl sites for hydroxylation is 1. The molecule has 0 aliphatic rings. The number of nitrogens with one attached hydrogen (secondary N) is 1. The van der Waals surface area contributed by atoms with E-state index < -0.39 is 0 Å². The molecule has 1 aromatic rings. The van der Waals surface area contributed by atoms with E-state index in [0.717, 1.165) is 38.8 Å². The molecule has 0 saturated carbocycles. The van der Waals surface area contributed by atoms with Crippen molar-refractivity contribution in [1.82, 2.24) is 5.32 Å². The second-order valence-electron chi connectivity index (χ2n) is 4.56. The van der Waals surface area contributed by atoms with Gasteiger partial charge in [0.15, 0.2) is 0 Å². The number of phenolic OH excluding ortho intramolecular Hbond substituents is 1. The van der Waals surface area contributed by atoms with Crippen LogP contribution < -0.4 is 11.1 Å². The lowest BCUT2D eigenvalue weighted by molar-refractivity contribution is 0.474. The van der Waals surface area contributed by atoms with E-state index in [1.807, 2.05) is 12.1 Å². The van der Waals surface area contributed by atoms with Crippen LogP contribution in [0.4, 0.5) is 0 Å². The fourth-order valence-corrected chi connectivity index (χ4v) is 1.77. The van der Waals surface area contributed by atoms with Gasteiger partial charge in [0.2, 0.25) is 0 Å². The van der Waals surface area contributed by atoms with Gasteiger partial charge in [-0.3, -0.25) is 0 Å². The molecule has 1 aromatic carbocycles. The van der Waals surface area contributed by atoms with Crippen LogP contribution in [0, 0.1) is 0 Å². The highest BCUT2D eigenvalue weighted by molar-refractivity contribution is 5.25. The van der Waals surface area contributed by atoms with E-state index in [-0.39, 0.29) is 0 Å². The third-order valence-corrected chi connectivity index (χ3v) is 2.93. The first-order chi connectivity index (χ1) is 8.22. The van der Waals surface area contributed by atoms with Crippen molar-refractivity contribution < 1.29 is 5.11 Å². The number of nitrogens with two attached hydrogens (primary N) is 1. The maximum absolute atomic E-state index is 9.18. The van der Waals surface area contributed by atoms with Crippen molar-refractivity contribution in [3.8, 4) is 5.75 Å². The average molecular weight is 236 g/mol. The Morgan fingerprint density at radius 2 is 1.94 bits per heavy atom. The SMILES string of the molecule is CC(CCc1ccc(O)cc1)NCCCCN. The topological polar surface area (TPSA) is 58.3 Å². The van der Waals surface area contributed by atoms with Crippen LogP contribution in [0.1, 0.15) is 31.7 Å². The van der Waals surface area contributed by atoms with Gasteiger partial charge in [-0.1, -0.05) is 12.1 Å². The summed E-state index contributed by atoms with van der Waals surface area (Å²) in [6.07, 6.45) is 4.41. The Labute approximate surface area is 104 Å². The summed E-state index contributed by atoms with van der Waals surface area (Å²) in [7, 11) is 0. The van der Waals surface area contributed by atoms with Crippen LogP contribution in [-0.2, 0) is 6.42 Å². The zero-order chi connectivity index (χ0) is 12.5. The zero-order valence-corrected chi connectivity index (χ0v) is 10.7. The first-order valence-corrected chi connectivity index (χ1v) is 6.43. The minimum atomic E-state index is 0.335. The monoisotopic (exact) mass is 236 g/mol. The smallest absolute Gasteiger partial charge is 0.115 e. The Bertz CT molecular complexity index is 298. The lowest BCUT2D eigenvalue weighted by Gasteiger charge is -2.13. The van der Waals surface area contributed by atoms with Crippen LogP contribution in [0.15, 0.2) is 24.3 Å². The molecule has 0 fully saturated rings. The molecule has 1 atom stereocenters. The summed E-state index contributed by atoms with van der Waals surface area (Å²) in [4.78, 5) is 0. The fraction of sp³-hybridized carbons (Fsp3) is 0.571. The molecule has 96 valence electrons. The average Bonchev–Trinajstić information content (AvgIpc) is 2.34. The minimum Gasteiger partial charge on any atom is -0.508 e. The van der Waals surface area contributed by atoms with Crippen molar-refractivity contribution in [3.05, 3.63) is 29.8 Å². The Morgan fingerprint density at radius 3 is 2.59 bits per heavy atom. The van der Waals surface area contributed by atoms with Crippen LogP contribution in [0.25, 0.3) is 0 Å². The van der Waals surface area contributed by atoms with Crippen LogP contribution in [-0.4, -0.2) is 24.2 Å². The molecule has 0 aliphatic carbocycles. The molecular formula is C14H24N2O. The Hall–Kier alpha value is -1.06. The number of rotatable bonds is 8. The number of aromatic hydroxyl groups is 1. The molecule has 0 bridgehead atoms. The highest BCUT2D eigenvalue weighted by Gasteiger charge is 2.01. The maximum Gasteiger partial charge on any atom is 0.115 e. The summed E-state index contributed by atoms with van der Waals surface area (Å²) in [5.41, 5.74) is 6.72. The zero-order valence-electron chi connectivity index (χ0n) is 10.7. The highest BCUT2D eigenvalue weighted by Crippen LogP contribution is 2.11. The standard InChI is InChI=1S/C14H24N2O/c1-12(16-11-3-2-10-15)4-5-13-6-8-14(17)9-7-13/h6-9,12,16-17H,2-5,10-11,15H2,1H3. The van der Waals surface area contributed by atoms with Crippen molar-refractivity contribution >= 4 is 0 Å². The number of unbranched alkanes of at least 4 members (excludes halogenated alkanes) is 1. The van der Waals surface area contributed by atoms with E-state index in [4.69, 9.17) is 5.73 Å². The minimum absolute atomic E-state index is 0.335. The third kappa shape index (κ3) is 6.29. The summed E-state index contributed by atoms with van der Waals surface area (Å²) in [5.74, 6) is 0.335. The lowest BCUT2D eigenvalue weighted by atomic mass is 10.1. The van der Waals surface area contributed by atoms with E-state index in [0.29, 0.717) is 11.8 Å². The number of hydrogen-bond acceptors (Lipinski definition) is 3. The number of phenols is 1. The van der Waals surface area contributed by atoms with Crippen molar-refractivity contribution in [2.45, 2.75) is 38.6 Å². The lowest BCUT2D eigenvalue weighted by Crippen LogP contribution is -2.27. The predicted molar refractivity (Wildman–Crippen MR) is 72.2 cm³/mol. The van der Waals surface area contributed by atoms with Gasteiger partial charge in [-0.15, -0.1) is 0 Å². The van der Waals surface area contributed by atoms with E-state index in [9.17, 15) is 5.11 Å². The molecule has 1 unspecified atom stereocenters. The molecule has 17 heavy (non-hydrogen) atoms. The van der Waals surface area contributed by atoms with Gasteiger partial charge < -0.3 is 16.2 Å². The molecule has 1 rings (SSSR count). The van der Waals surface area contributed by atoms with E-state index in [2.05, 4.69) is 12.2 Å². The van der Waals surface area contributed by atoms with Gasteiger partial charge >= 0.3 is 0 Å².